The van der Waals surface area contributed by atoms with Crippen LogP contribution in [0, 0.1) is 0 Å². The number of ether oxygens (including phenoxy) is 6. The van der Waals surface area contributed by atoms with Gasteiger partial charge >= 0.3 is 11.9 Å². The SMILES string of the molecule is COc1ccc(C=O)cc1OCc1cn(CCO[C@@H]2C=C[C@H](OC(C)=O)[C@@H](COC(C)=O)O2)nn1. The van der Waals surface area contributed by atoms with Crippen LogP contribution < -0.4 is 9.47 Å². The van der Waals surface area contributed by atoms with Gasteiger partial charge < -0.3 is 28.4 Å². The Balaban J connectivity index is 1.49. The number of esters is 2. The van der Waals surface area contributed by atoms with Gasteiger partial charge in [-0.05, 0) is 30.4 Å². The van der Waals surface area contributed by atoms with E-state index in [0.29, 0.717) is 29.3 Å². The summed E-state index contributed by atoms with van der Waals surface area (Å²) in [5.41, 5.74) is 1.04. The van der Waals surface area contributed by atoms with Crippen molar-refractivity contribution in [3.05, 3.63) is 47.8 Å². The lowest BCUT2D eigenvalue weighted by atomic mass is 10.1. The summed E-state index contributed by atoms with van der Waals surface area (Å²) in [5.74, 6) is -0.0224. The zero-order valence-electron chi connectivity index (χ0n) is 19.6. The van der Waals surface area contributed by atoms with Gasteiger partial charge in [-0.25, -0.2) is 4.68 Å². The number of methoxy groups -OCH3 is 1. The number of rotatable bonds is 12. The van der Waals surface area contributed by atoms with Crippen LogP contribution in [0.15, 0.2) is 36.5 Å². The van der Waals surface area contributed by atoms with Gasteiger partial charge in [-0.3, -0.25) is 14.4 Å². The first-order valence-electron chi connectivity index (χ1n) is 10.8. The van der Waals surface area contributed by atoms with Crippen LogP contribution in [-0.2, 0) is 41.7 Å². The van der Waals surface area contributed by atoms with Crippen molar-refractivity contribution in [2.75, 3.05) is 20.3 Å². The molecule has 0 unspecified atom stereocenters. The normalized spacial score (nSPS) is 19.1. The van der Waals surface area contributed by atoms with Crippen molar-refractivity contribution < 1.29 is 42.8 Å². The van der Waals surface area contributed by atoms with E-state index < -0.39 is 30.4 Å². The molecule has 12 heteroatoms. The van der Waals surface area contributed by atoms with E-state index in [2.05, 4.69) is 10.3 Å². The smallest absolute Gasteiger partial charge is 0.303 e. The van der Waals surface area contributed by atoms with Gasteiger partial charge in [0.2, 0.25) is 0 Å². The Morgan fingerprint density at radius 1 is 1.17 bits per heavy atom. The molecule has 1 aliphatic heterocycles. The lowest BCUT2D eigenvalue weighted by Crippen LogP contribution is -2.42. The van der Waals surface area contributed by atoms with Crippen LogP contribution in [0.25, 0.3) is 0 Å². The fourth-order valence-corrected chi connectivity index (χ4v) is 3.16. The summed E-state index contributed by atoms with van der Waals surface area (Å²) < 4.78 is 34.2. The molecule has 188 valence electrons. The van der Waals surface area contributed by atoms with Crippen molar-refractivity contribution in [1.29, 1.82) is 0 Å². The summed E-state index contributed by atoms with van der Waals surface area (Å²) in [4.78, 5) is 33.4. The molecule has 0 radical (unpaired) electrons. The molecule has 3 atom stereocenters. The van der Waals surface area contributed by atoms with Crippen molar-refractivity contribution in [1.82, 2.24) is 15.0 Å². The third-order valence-corrected chi connectivity index (χ3v) is 4.77. The number of hydrogen-bond donors (Lipinski definition) is 0. The maximum absolute atomic E-state index is 11.3. The van der Waals surface area contributed by atoms with Crippen molar-refractivity contribution in [2.24, 2.45) is 0 Å². The molecule has 1 aromatic heterocycles. The fraction of sp³-hybridized carbons (Fsp3) is 0.435. The molecule has 0 saturated carbocycles. The third kappa shape index (κ3) is 7.90. The van der Waals surface area contributed by atoms with Crippen LogP contribution in [0.3, 0.4) is 0 Å². The highest BCUT2D eigenvalue weighted by Crippen LogP contribution is 2.28. The zero-order valence-corrected chi connectivity index (χ0v) is 19.6. The van der Waals surface area contributed by atoms with Gasteiger partial charge in [0.15, 0.2) is 17.8 Å². The minimum atomic E-state index is -0.716. The second-order valence-electron chi connectivity index (χ2n) is 7.47. The van der Waals surface area contributed by atoms with Crippen LogP contribution in [0.5, 0.6) is 11.5 Å². The Hall–Kier alpha value is -3.77. The Labute approximate surface area is 201 Å². The van der Waals surface area contributed by atoms with Gasteiger partial charge in [-0.15, -0.1) is 5.10 Å². The molecule has 12 nitrogen and oxygen atoms in total. The number of carbonyl (C=O) groups excluding carboxylic acids is 3. The minimum absolute atomic E-state index is 0.0789. The Morgan fingerprint density at radius 2 is 2.00 bits per heavy atom. The number of aromatic nitrogens is 3. The summed E-state index contributed by atoms with van der Waals surface area (Å²) in [6.07, 6.45) is 3.60. The summed E-state index contributed by atoms with van der Waals surface area (Å²) in [7, 11) is 1.51. The highest BCUT2D eigenvalue weighted by Gasteiger charge is 2.31. The molecule has 0 spiro atoms. The highest BCUT2D eigenvalue weighted by molar-refractivity contribution is 5.76. The predicted octanol–water partition coefficient (Wildman–Crippen LogP) is 1.47. The molecule has 0 saturated heterocycles. The van der Waals surface area contributed by atoms with Gasteiger partial charge in [0.1, 0.15) is 37.4 Å². The molecule has 0 fully saturated rings. The third-order valence-electron chi connectivity index (χ3n) is 4.77. The molecule has 0 bridgehead atoms. The van der Waals surface area contributed by atoms with Gasteiger partial charge in [0, 0.05) is 19.4 Å². The van der Waals surface area contributed by atoms with Crippen molar-refractivity contribution in [2.45, 2.75) is 45.5 Å². The molecular weight excluding hydrogens is 462 g/mol. The first-order valence-corrected chi connectivity index (χ1v) is 10.8. The number of nitrogens with zero attached hydrogens (tertiary/aromatic N) is 3. The average molecular weight is 489 g/mol. The average Bonchev–Trinajstić information content (AvgIpc) is 3.29. The van der Waals surface area contributed by atoms with Crippen LogP contribution in [0.2, 0.25) is 0 Å². The van der Waals surface area contributed by atoms with E-state index >= 15 is 0 Å². The molecule has 0 aliphatic carbocycles. The molecule has 0 N–H and O–H groups in total. The summed E-state index contributed by atoms with van der Waals surface area (Å²) >= 11 is 0. The van der Waals surface area contributed by atoms with E-state index in [1.54, 1.807) is 41.2 Å². The van der Waals surface area contributed by atoms with Gasteiger partial charge in [0.05, 0.1) is 26.5 Å². The van der Waals surface area contributed by atoms with Crippen LogP contribution >= 0.6 is 0 Å². The summed E-state index contributed by atoms with van der Waals surface area (Å²) in [6.45, 7) is 3.24. The quantitative estimate of drug-likeness (QED) is 0.243. The number of aldehydes is 1. The lowest BCUT2D eigenvalue weighted by molar-refractivity contribution is -0.197. The first-order chi connectivity index (χ1) is 16.9. The molecule has 3 rings (SSSR count). The van der Waals surface area contributed by atoms with E-state index in [1.807, 2.05) is 0 Å². The fourth-order valence-electron chi connectivity index (χ4n) is 3.16. The predicted molar refractivity (Wildman–Crippen MR) is 119 cm³/mol. The maximum Gasteiger partial charge on any atom is 0.303 e. The number of hydrogen-bond acceptors (Lipinski definition) is 11. The van der Waals surface area contributed by atoms with Gasteiger partial charge in [0.25, 0.3) is 0 Å². The number of benzene rings is 1. The Bertz CT molecular complexity index is 1050. The molecule has 35 heavy (non-hydrogen) atoms. The minimum Gasteiger partial charge on any atom is -0.493 e. The first kappa shape index (κ1) is 25.8. The van der Waals surface area contributed by atoms with E-state index in [9.17, 15) is 14.4 Å². The van der Waals surface area contributed by atoms with Crippen molar-refractivity contribution in [3.63, 3.8) is 0 Å². The van der Waals surface area contributed by atoms with Gasteiger partial charge in [-0.2, -0.15) is 0 Å². The molecule has 2 heterocycles. The maximum atomic E-state index is 11.3. The summed E-state index contributed by atoms with van der Waals surface area (Å²) in [5, 5.41) is 8.11. The van der Waals surface area contributed by atoms with E-state index in [-0.39, 0.29) is 19.8 Å². The second-order valence-corrected chi connectivity index (χ2v) is 7.47. The van der Waals surface area contributed by atoms with Crippen LogP contribution in [0.1, 0.15) is 29.9 Å². The standard InChI is InChI=1S/C23H27N3O9/c1-15(28)32-14-22-20(34-16(2)29)6-7-23(35-22)31-9-8-26-11-18(24-25-26)13-33-21-10-17(12-27)4-5-19(21)30-3/h4-7,10-12,20,22-23H,8-9,13-14H2,1-3H3/t20-,22+,23-/m0/s1. The molecule has 2 aromatic rings. The lowest BCUT2D eigenvalue weighted by Gasteiger charge is -2.31. The van der Waals surface area contributed by atoms with Crippen molar-refractivity contribution in [3.8, 4) is 11.5 Å². The topological polar surface area (TPSA) is 137 Å². The molecule has 1 aromatic carbocycles. The van der Waals surface area contributed by atoms with Gasteiger partial charge in [-0.1, -0.05) is 5.21 Å². The molecule has 1 aliphatic rings. The van der Waals surface area contributed by atoms with E-state index in [0.717, 1.165) is 6.29 Å². The largest absolute Gasteiger partial charge is 0.493 e. The van der Waals surface area contributed by atoms with Crippen molar-refractivity contribution >= 4 is 18.2 Å². The van der Waals surface area contributed by atoms with E-state index in [1.165, 1.54) is 21.0 Å². The van der Waals surface area contributed by atoms with E-state index in [4.69, 9.17) is 28.4 Å². The Morgan fingerprint density at radius 3 is 2.71 bits per heavy atom. The molecule has 0 amide bonds. The zero-order chi connectivity index (χ0) is 25.2. The highest BCUT2D eigenvalue weighted by atomic mass is 16.7. The van der Waals surface area contributed by atoms with Crippen LogP contribution in [0.4, 0.5) is 0 Å². The monoisotopic (exact) mass is 489 g/mol. The number of carbonyl (C=O) groups is 3. The summed E-state index contributed by atoms with van der Waals surface area (Å²) in [6, 6.07) is 4.87. The Kier molecular flexibility index (Phi) is 9.32. The van der Waals surface area contributed by atoms with Crippen LogP contribution in [-0.4, -0.2) is 72.0 Å². The second kappa shape index (κ2) is 12.6. The molecular formula is C23H27N3O9.